The van der Waals surface area contributed by atoms with Crippen LogP contribution >= 0.6 is 0 Å². The smallest absolute Gasteiger partial charge is 0.285 e. The van der Waals surface area contributed by atoms with Crippen molar-refractivity contribution in [2.45, 2.75) is 12.3 Å². The second-order valence-electron chi connectivity index (χ2n) is 5.43. The average molecular weight is 380 g/mol. The minimum absolute atomic E-state index is 0.103. The van der Waals surface area contributed by atoms with Crippen LogP contribution in [-0.4, -0.2) is 36.6 Å². The summed E-state index contributed by atoms with van der Waals surface area (Å²) in [4.78, 5) is 16.8. The Labute approximate surface area is 150 Å². The molecule has 8 nitrogen and oxygen atoms in total. The molecule has 0 saturated heterocycles. The first-order chi connectivity index (χ1) is 12.2. The highest BCUT2D eigenvalue weighted by Gasteiger charge is 2.32. The van der Waals surface area contributed by atoms with Crippen LogP contribution in [0.15, 0.2) is 48.8 Å². The molecule has 0 fully saturated rings. The molecule has 0 aliphatic carbocycles. The third kappa shape index (κ3) is 5.07. The molecule has 1 aromatic carbocycles. The van der Waals surface area contributed by atoms with E-state index in [2.05, 4.69) is 9.27 Å². The number of nitrogens with zero attached hydrogens (tertiary/aromatic N) is 2. The Morgan fingerprint density at radius 2 is 2.04 bits per heavy atom. The van der Waals surface area contributed by atoms with E-state index in [1.54, 1.807) is 18.2 Å². The van der Waals surface area contributed by atoms with Gasteiger partial charge < -0.3 is 5.73 Å². The number of carbonyl (C=O) groups is 1. The van der Waals surface area contributed by atoms with E-state index >= 15 is 0 Å². The summed E-state index contributed by atoms with van der Waals surface area (Å²) < 4.78 is 41.3. The van der Waals surface area contributed by atoms with Gasteiger partial charge in [0.25, 0.3) is 16.0 Å². The molecule has 0 aliphatic heterocycles. The maximum absolute atomic E-state index is 14.0. The highest BCUT2D eigenvalue weighted by Crippen LogP contribution is 2.24. The summed E-state index contributed by atoms with van der Waals surface area (Å²) in [6.07, 6.45) is 3.49. The van der Waals surface area contributed by atoms with E-state index in [9.17, 15) is 17.6 Å². The SMILES string of the molecule is CS(=O)(=O)ON(C(=N)N)C(=O)C(Cc1ccccc1F)c1cccnc1. The van der Waals surface area contributed by atoms with Gasteiger partial charge in [0.05, 0.1) is 12.2 Å². The molecule has 1 unspecified atom stereocenters. The lowest BCUT2D eigenvalue weighted by molar-refractivity contribution is -0.145. The molecule has 26 heavy (non-hydrogen) atoms. The van der Waals surface area contributed by atoms with Crippen molar-refractivity contribution in [3.63, 3.8) is 0 Å². The zero-order chi connectivity index (χ0) is 19.3. The van der Waals surface area contributed by atoms with E-state index in [4.69, 9.17) is 11.1 Å². The Kier molecular flexibility index (Phi) is 6.01. The number of amides is 1. The van der Waals surface area contributed by atoms with Crippen molar-refractivity contribution in [3.05, 3.63) is 65.7 Å². The van der Waals surface area contributed by atoms with Gasteiger partial charge in [-0.2, -0.15) is 8.42 Å². The lowest BCUT2D eigenvalue weighted by Gasteiger charge is -2.24. The molecular formula is C16H17FN4O4S. The Bertz CT molecular complexity index is 905. The van der Waals surface area contributed by atoms with Crippen LogP contribution in [0, 0.1) is 11.2 Å². The summed E-state index contributed by atoms with van der Waals surface area (Å²) in [5.74, 6) is -3.43. The molecule has 0 aliphatic rings. The van der Waals surface area contributed by atoms with Gasteiger partial charge in [0.1, 0.15) is 5.82 Å². The van der Waals surface area contributed by atoms with Crippen molar-refractivity contribution >= 4 is 22.0 Å². The predicted molar refractivity (Wildman–Crippen MR) is 91.8 cm³/mol. The number of nitrogens with two attached hydrogens (primary N) is 1. The fourth-order valence-corrected chi connectivity index (χ4v) is 2.71. The van der Waals surface area contributed by atoms with Crippen molar-refractivity contribution in [1.82, 2.24) is 10.0 Å². The van der Waals surface area contributed by atoms with Gasteiger partial charge in [-0.05, 0) is 29.7 Å². The number of halogens is 1. The molecule has 0 saturated carbocycles. The molecule has 10 heteroatoms. The number of hydrogen-bond donors (Lipinski definition) is 2. The second kappa shape index (κ2) is 8.02. The van der Waals surface area contributed by atoms with Crippen LogP contribution < -0.4 is 5.73 Å². The topological polar surface area (TPSA) is 126 Å². The zero-order valence-corrected chi connectivity index (χ0v) is 14.6. The van der Waals surface area contributed by atoms with Gasteiger partial charge >= 0.3 is 0 Å². The normalized spacial score (nSPS) is 12.4. The first-order valence-electron chi connectivity index (χ1n) is 7.40. The number of pyridine rings is 1. The molecule has 1 aromatic heterocycles. The monoisotopic (exact) mass is 380 g/mol. The Hall–Kier alpha value is -2.85. The van der Waals surface area contributed by atoms with E-state index in [0.29, 0.717) is 11.8 Å². The molecule has 138 valence electrons. The fourth-order valence-electron chi connectivity index (χ4n) is 2.29. The molecular weight excluding hydrogens is 363 g/mol. The van der Waals surface area contributed by atoms with Crippen molar-refractivity contribution in [2.75, 3.05) is 6.26 Å². The Balaban J connectivity index is 2.44. The number of aromatic nitrogens is 1. The van der Waals surface area contributed by atoms with Crippen molar-refractivity contribution in [2.24, 2.45) is 5.73 Å². The zero-order valence-electron chi connectivity index (χ0n) is 13.8. The van der Waals surface area contributed by atoms with E-state index in [0.717, 1.165) is 0 Å². The maximum atomic E-state index is 14.0. The Morgan fingerprint density at radius 1 is 1.35 bits per heavy atom. The molecule has 1 amide bonds. The summed E-state index contributed by atoms with van der Waals surface area (Å²) in [7, 11) is -4.12. The molecule has 0 spiro atoms. The van der Waals surface area contributed by atoms with Crippen molar-refractivity contribution in [3.8, 4) is 0 Å². The summed E-state index contributed by atoms with van der Waals surface area (Å²) >= 11 is 0. The minimum atomic E-state index is -4.12. The minimum Gasteiger partial charge on any atom is -0.368 e. The molecule has 1 heterocycles. The van der Waals surface area contributed by atoms with Gasteiger partial charge in [0.15, 0.2) is 0 Å². The fraction of sp³-hybridized carbons (Fsp3) is 0.188. The van der Waals surface area contributed by atoms with Crippen molar-refractivity contribution in [1.29, 1.82) is 5.41 Å². The number of guanidine groups is 1. The van der Waals surface area contributed by atoms with Crippen LogP contribution in [0.4, 0.5) is 4.39 Å². The van der Waals surface area contributed by atoms with Gasteiger partial charge in [-0.15, -0.1) is 9.35 Å². The van der Waals surface area contributed by atoms with Gasteiger partial charge in [-0.25, -0.2) is 4.39 Å². The second-order valence-corrected chi connectivity index (χ2v) is 6.99. The lowest BCUT2D eigenvalue weighted by Crippen LogP contribution is -2.45. The number of hydroxylamine groups is 2. The summed E-state index contributed by atoms with van der Waals surface area (Å²) in [5, 5.41) is 7.62. The van der Waals surface area contributed by atoms with Crippen LogP contribution in [0.3, 0.4) is 0 Å². The molecule has 0 radical (unpaired) electrons. The quantitative estimate of drug-likeness (QED) is 0.440. The van der Waals surface area contributed by atoms with Crippen LogP contribution in [0.2, 0.25) is 0 Å². The highest BCUT2D eigenvalue weighted by molar-refractivity contribution is 7.85. The number of rotatable bonds is 6. The molecule has 2 aromatic rings. The summed E-state index contributed by atoms with van der Waals surface area (Å²) in [6, 6.07) is 9.02. The first kappa shape index (κ1) is 19.5. The predicted octanol–water partition coefficient (Wildman–Crippen LogP) is 1.16. The number of nitrogens with one attached hydrogen (secondary N) is 1. The summed E-state index contributed by atoms with van der Waals surface area (Å²) in [5.41, 5.74) is 5.92. The van der Waals surface area contributed by atoms with Gasteiger partial charge in [0, 0.05) is 12.4 Å². The molecule has 1 atom stereocenters. The number of carbonyl (C=O) groups excluding carboxylic acids is 1. The van der Waals surface area contributed by atoms with Crippen LogP contribution in [0.25, 0.3) is 0 Å². The van der Waals surface area contributed by atoms with Crippen LogP contribution in [0.1, 0.15) is 17.0 Å². The Morgan fingerprint density at radius 3 is 2.58 bits per heavy atom. The largest absolute Gasteiger partial charge is 0.368 e. The molecule has 3 N–H and O–H groups in total. The van der Waals surface area contributed by atoms with Crippen molar-refractivity contribution < 1.29 is 21.9 Å². The van der Waals surface area contributed by atoms with E-state index in [-0.39, 0.29) is 17.0 Å². The van der Waals surface area contributed by atoms with E-state index in [1.807, 2.05) is 0 Å². The lowest BCUT2D eigenvalue weighted by atomic mass is 9.92. The van der Waals surface area contributed by atoms with Gasteiger partial charge in [0.2, 0.25) is 5.96 Å². The highest BCUT2D eigenvalue weighted by atomic mass is 32.2. The standard InChI is InChI=1S/C16H17FN4O4S/c1-26(23,24)25-21(16(18)19)15(22)13(12-6-4-8-20-10-12)9-11-5-2-3-7-14(11)17/h2-8,10,13H,9H2,1H3,(H3,18,19). The van der Waals surface area contributed by atoms with E-state index in [1.165, 1.54) is 30.6 Å². The molecule has 2 rings (SSSR count). The number of benzene rings is 1. The third-order valence-electron chi connectivity index (χ3n) is 3.40. The summed E-state index contributed by atoms with van der Waals surface area (Å²) in [6.45, 7) is 0. The van der Waals surface area contributed by atoms with E-state index < -0.39 is 33.7 Å². The van der Waals surface area contributed by atoms with Crippen LogP contribution in [-0.2, 0) is 25.6 Å². The van der Waals surface area contributed by atoms with Gasteiger partial charge in [-0.1, -0.05) is 24.3 Å². The molecule has 0 bridgehead atoms. The van der Waals surface area contributed by atoms with Gasteiger partial charge in [-0.3, -0.25) is 15.2 Å². The third-order valence-corrected chi connectivity index (χ3v) is 3.82. The first-order valence-corrected chi connectivity index (χ1v) is 9.21. The number of hydrogen-bond acceptors (Lipinski definition) is 6. The van der Waals surface area contributed by atoms with Crippen LogP contribution in [0.5, 0.6) is 0 Å². The maximum Gasteiger partial charge on any atom is 0.285 e. The average Bonchev–Trinajstić information content (AvgIpc) is 2.58.